The van der Waals surface area contributed by atoms with Crippen molar-refractivity contribution in [2.75, 3.05) is 44.0 Å². The molecule has 3 aromatic rings. The van der Waals surface area contributed by atoms with E-state index in [4.69, 9.17) is 15.2 Å². The van der Waals surface area contributed by atoms with Crippen LogP contribution in [0.5, 0.6) is 0 Å². The predicted molar refractivity (Wildman–Crippen MR) is 134 cm³/mol. The molecule has 2 N–H and O–H groups in total. The van der Waals surface area contributed by atoms with Gasteiger partial charge in [0.2, 0.25) is 0 Å². The molecule has 6 nitrogen and oxygen atoms in total. The van der Waals surface area contributed by atoms with Gasteiger partial charge in [0.05, 0.1) is 37.1 Å². The van der Waals surface area contributed by atoms with Crippen molar-refractivity contribution in [3.63, 3.8) is 0 Å². The fourth-order valence-corrected chi connectivity index (χ4v) is 4.33. The Morgan fingerprint density at radius 1 is 1.15 bits per heavy atom. The lowest BCUT2D eigenvalue weighted by molar-refractivity contribution is 0.0601. The molecule has 0 radical (unpaired) electrons. The third-order valence-corrected chi connectivity index (χ3v) is 6.16. The van der Waals surface area contributed by atoms with E-state index in [0.717, 1.165) is 59.2 Å². The first kappa shape index (κ1) is 23.1. The Morgan fingerprint density at radius 3 is 2.61 bits per heavy atom. The summed E-state index contributed by atoms with van der Waals surface area (Å²) in [7, 11) is 1.43. The second kappa shape index (κ2) is 9.40. The molecular formula is C27H33N3O3. The van der Waals surface area contributed by atoms with Crippen molar-refractivity contribution in [2.24, 2.45) is 5.41 Å². The highest BCUT2D eigenvalue weighted by molar-refractivity contribution is 6.00. The molecule has 2 aromatic carbocycles. The van der Waals surface area contributed by atoms with Gasteiger partial charge in [0.1, 0.15) is 5.82 Å². The van der Waals surface area contributed by atoms with E-state index in [0.29, 0.717) is 24.6 Å². The number of benzene rings is 2. The van der Waals surface area contributed by atoms with E-state index in [1.807, 2.05) is 24.3 Å². The molecule has 0 spiro atoms. The van der Waals surface area contributed by atoms with E-state index in [9.17, 15) is 4.79 Å². The first-order valence-corrected chi connectivity index (χ1v) is 11.5. The number of ether oxygens (including phenoxy) is 2. The van der Waals surface area contributed by atoms with Crippen molar-refractivity contribution in [1.29, 1.82) is 0 Å². The highest BCUT2D eigenvalue weighted by Crippen LogP contribution is 2.35. The maximum Gasteiger partial charge on any atom is 0.338 e. The minimum Gasteiger partial charge on any atom is -0.465 e. The van der Waals surface area contributed by atoms with Crippen LogP contribution in [0.2, 0.25) is 0 Å². The Morgan fingerprint density at radius 2 is 1.91 bits per heavy atom. The molecule has 33 heavy (non-hydrogen) atoms. The molecule has 1 aromatic heterocycles. The van der Waals surface area contributed by atoms with Crippen LogP contribution >= 0.6 is 0 Å². The molecule has 0 saturated carbocycles. The highest BCUT2D eigenvalue weighted by Gasteiger charge is 2.20. The highest BCUT2D eigenvalue weighted by atomic mass is 16.5. The lowest BCUT2D eigenvalue weighted by Crippen LogP contribution is -2.36. The number of rotatable bonds is 5. The number of hydrogen-bond acceptors (Lipinski definition) is 6. The lowest BCUT2D eigenvalue weighted by atomic mass is 9.85. The number of carbonyl (C=O) groups excluding carboxylic acids is 1. The molecule has 6 heteroatoms. The molecule has 1 saturated heterocycles. The summed E-state index contributed by atoms with van der Waals surface area (Å²) in [5.74, 6) is 0.199. The summed E-state index contributed by atoms with van der Waals surface area (Å²) in [5.41, 5.74) is 11.9. The van der Waals surface area contributed by atoms with Gasteiger partial charge in [0.25, 0.3) is 0 Å². The Labute approximate surface area is 195 Å². The molecule has 0 bridgehead atoms. The second-order valence-corrected chi connectivity index (χ2v) is 9.79. The van der Waals surface area contributed by atoms with Gasteiger partial charge in [-0.15, -0.1) is 0 Å². The van der Waals surface area contributed by atoms with Crippen LogP contribution in [0, 0.1) is 5.41 Å². The van der Waals surface area contributed by atoms with E-state index in [2.05, 4.69) is 48.9 Å². The number of carbonyl (C=O) groups is 1. The lowest BCUT2D eigenvalue weighted by Gasteiger charge is -2.29. The van der Waals surface area contributed by atoms with Crippen LogP contribution in [0.1, 0.15) is 43.1 Å². The van der Waals surface area contributed by atoms with Crippen LogP contribution in [0.4, 0.5) is 11.5 Å². The summed E-state index contributed by atoms with van der Waals surface area (Å²) in [6.45, 7) is 9.64. The van der Waals surface area contributed by atoms with E-state index < -0.39 is 0 Å². The molecule has 1 fully saturated rings. The summed E-state index contributed by atoms with van der Waals surface area (Å²) in [4.78, 5) is 19.5. The normalized spacial score (nSPS) is 14.5. The molecule has 0 atom stereocenters. The number of nitrogens with two attached hydrogens (primary N) is 1. The Balaban J connectivity index is 1.82. The topological polar surface area (TPSA) is 77.7 Å². The Hall–Kier alpha value is -3.12. The number of nitrogens with zero attached hydrogens (tertiary/aromatic N) is 2. The number of anilines is 2. The number of morpholine rings is 1. The van der Waals surface area contributed by atoms with Gasteiger partial charge < -0.3 is 20.1 Å². The predicted octanol–water partition coefficient (Wildman–Crippen LogP) is 5.09. The van der Waals surface area contributed by atoms with Crippen LogP contribution in [-0.4, -0.2) is 44.4 Å². The third kappa shape index (κ3) is 5.11. The number of aromatic nitrogens is 1. The van der Waals surface area contributed by atoms with Crippen molar-refractivity contribution < 1.29 is 14.3 Å². The maximum atomic E-state index is 12.7. The van der Waals surface area contributed by atoms with Crippen molar-refractivity contribution in [2.45, 2.75) is 33.6 Å². The van der Waals surface area contributed by atoms with Crippen molar-refractivity contribution >= 4 is 28.4 Å². The number of methoxy groups -OCH3 is 1. The number of nitrogen functional groups attached to an aromatic ring is 1. The summed E-state index contributed by atoms with van der Waals surface area (Å²) in [6.07, 6.45) is 1.89. The minimum absolute atomic E-state index is 0.191. The van der Waals surface area contributed by atoms with Crippen LogP contribution < -0.4 is 10.6 Å². The van der Waals surface area contributed by atoms with E-state index in [1.165, 1.54) is 7.11 Å². The maximum absolute atomic E-state index is 12.7. The summed E-state index contributed by atoms with van der Waals surface area (Å²) < 4.78 is 10.6. The van der Waals surface area contributed by atoms with E-state index >= 15 is 0 Å². The second-order valence-electron chi connectivity index (χ2n) is 9.79. The smallest absolute Gasteiger partial charge is 0.338 e. The van der Waals surface area contributed by atoms with Gasteiger partial charge in [0, 0.05) is 18.5 Å². The number of fused-ring (bicyclic) bond motifs is 1. The molecule has 174 valence electrons. The van der Waals surface area contributed by atoms with Crippen LogP contribution in [0.25, 0.3) is 22.0 Å². The first-order valence-electron chi connectivity index (χ1n) is 11.5. The zero-order valence-corrected chi connectivity index (χ0v) is 20.0. The van der Waals surface area contributed by atoms with Gasteiger partial charge in [-0.1, -0.05) is 39.0 Å². The molecule has 1 aliphatic rings. The van der Waals surface area contributed by atoms with Crippen molar-refractivity contribution in [1.82, 2.24) is 4.98 Å². The van der Waals surface area contributed by atoms with E-state index in [-0.39, 0.29) is 11.4 Å². The average molecular weight is 448 g/mol. The molecule has 4 rings (SSSR count). The summed E-state index contributed by atoms with van der Waals surface area (Å²) >= 11 is 0. The monoisotopic (exact) mass is 447 g/mol. The van der Waals surface area contributed by atoms with Crippen molar-refractivity contribution in [3.8, 4) is 11.1 Å². The van der Waals surface area contributed by atoms with Gasteiger partial charge in [0.15, 0.2) is 0 Å². The van der Waals surface area contributed by atoms with E-state index in [1.54, 1.807) is 0 Å². The fourth-order valence-electron chi connectivity index (χ4n) is 4.33. The zero-order valence-electron chi connectivity index (χ0n) is 20.0. The molecule has 0 aliphatic carbocycles. The summed E-state index contributed by atoms with van der Waals surface area (Å²) in [5, 5.41) is 0.990. The molecule has 1 aliphatic heterocycles. The third-order valence-electron chi connectivity index (χ3n) is 6.16. The average Bonchev–Trinajstić information content (AvgIpc) is 2.81. The fraction of sp³-hybridized carbons (Fsp3) is 0.407. The quantitative estimate of drug-likeness (QED) is 0.549. The number of esters is 1. The van der Waals surface area contributed by atoms with Gasteiger partial charge in [-0.25, -0.2) is 9.78 Å². The Bertz CT molecular complexity index is 1160. The van der Waals surface area contributed by atoms with Crippen molar-refractivity contribution in [3.05, 3.63) is 53.6 Å². The summed E-state index contributed by atoms with van der Waals surface area (Å²) in [6, 6.07) is 14.1. The van der Waals surface area contributed by atoms with Gasteiger partial charge in [-0.05, 0) is 59.2 Å². The minimum atomic E-state index is -0.327. The molecule has 2 heterocycles. The standard InChI is InChI=1S/C27H33N3O3/c1-27(2,3)11-10-18-6-5-7-21(26(31)32-4)24(18)19-8-9-22-20(16-19)17-23(25(28)29-22)30-12-14-33-15-13-30/h5-9,16-17H,10-15H2,1-4H3,(H2,28,29). The first-order chi connectivity index (χ1) is 15.8. The molecule has 0 amide bonds. The number of pyridine rings is 1. The van der Waals surface area contributed by atoms with Crippen LogP contribution in [0.15, 0.2) is 42.5 Å². The number of aryl methyl sites for hydroxylation is 1. The van der Waals surface area contributed by atoms with Gasteiger partial charge in [-0.3, -0.25) is 0 Å². The van der Waals surface area contributed by atoms with Gasteiger partial charge in [-0.2, -0.15) is 0 Å². The molecular weight excluding hydrogens is 414 g/mol. The molecule has 0 unspecified atom stereocenters. The SMILES string of the molecule is COC(=O)c1cccc(CCC(C)(C)C)c1-c1ccc2nc(N)c(N3CCOCC3)cc2c1. The Kier molecular flexibility index (Phi) is 6.56. The van der Waals surface area contributed by atoms with Crippen LogP contribution in [0.3, 0.4) is 0 Å². The number of hydrogen-bond donors (Lipinski definition) is 1. The largest absolute Gasteiger partial charge is 0.465 e. The zero-order chi connectivity index (χ0) is 23.6. The van der Waals surface area contributed by atoms with Gasteiger partial charge >= 0.3 is 5.97 Å². The van der Waals surface area contributed by atoms with Crippen LogP contribution in [-0.2, 0) is 15.9 Å².